The molecule has 1 N–H and O–H groups in total. The average molecular weight is 298 g/mol. The van der Waals surface area contributed by atoms with Crippen molar-refractivity contribution in [2.75, 3.05) is 26.2 Å². The van der Waals surface area contributed by atoms with E-state index in [1.165, 1.54) is 0 Å². The number of hydrogen-bond acceptors (Lipinski definition) is 2. The van der Waals surface area contributed by atoms with Crippen molar-refractivity contribution in [3.05, 3.63) is 35.1 Å². The van der Waals surface area contributed by atoms with E-state index in [4.69, 9.17) is 0 Å². The third-order valence-corrected chi connectivity index (χ3v) is 3.14. The topological polar surface area (TPSA) is 15.3 Å². The van der Waals surface area contributed by atoms with E-state index in [0.717, 1.165) is 4.90 Å². The lowest BCUT2D eigenvalue weighted by Gasteiger charge is -2.36. The first kappa shape index (κ1) is 15.1. The highest BCUT2D eigenvalue weighted by molar-refractivity contribution is 5.25. The van der Waals surface area contributed by atoms with E-state index in [-0.39, 0.29) is 19.2 Å². The van der Waals surface area contributed by atoms with E-state index in [0.29, 0.717) is 19.2 Å². The average Bonchev–Trinajstić information content (AvgIpc) is 2.35. The van der Waals surface area contributed by atoms with Crippen molar-refractivity contribution in [2.45, 2.75) is 12.2 Å². The number of piperazine rings is 1. The van der Waals surface area contributed by atoms with Gasteiger partial charge in [0, 0.05) is 37.8 Å². The standard InChI is InChI=1S/C12H12F6N2/c13-7-5-8(10(15)9(14)6-7)11(12(16,17)18)20-3-1-19-2-4-20/h5-6,11,19H,1-4H2/t11-/m0/s1. The van der Waals surface area contributed by atoms with Crippen LogP contribution in [-0.4, -0.2) is 37.3 Å². The Bertz CT molecular complexity index is 482. The summed E-state index contributed by atoms with van der Waals surface area (Å²) in [5, 5.41) is 2.86. The van der Waals surface area contributed by atoms with E-state index in [9.17, 15) is 26.3 Å². The number of nitrogens with zero attached hydrogens (tertiary/aromatic N) is 1. The molecule has 0 spiro atoms. The predicted octanol–water partition coefficient (Wildman–Crippen LogP) is 2.61. The summed E-state index contributed by atoms with van der Waals surface area (Å²) in [4.78, 5) is 0.966. The molecule has 0 amide bonds. The van der Waals surface area contributed by atoms with Crippen molar-refractivity contribution >= 4 is 0 Å². The fourth-order valence-corrected chi connectivity index (χ4v) is 2.30. The number of hydrogen-bond donors (Lipinski definition) is 1. The minimum Gasteiger partial charge on any atom is -0.314 e. The zero-order valence-electron chi connectivity index (χ0n) is 10.3. The first-order valence-corrected chi connectivity index (χ1v) is 5.96. The quantitative estimate of drug-likeness (QED) is 0.667. The van der Waals surface area contributed by atoms with Crippen molar-refractivity contribution in [1.82, 2.24) is 10.2 Å². The van der Waals surface area contributed by atoms with E-state index in [2.05, 4.69) is 5.32 Å². The van der Waals surface area contributed by atoms with Gasteiger partial charge in [-0.3, -0.25) is 4.90 Å². The van der Waals surface area contributed by atoms with Gasteiger partial charge in [-0.1, -0.05) is 0 Å². The van der Waals surface area contributed by atoms with Gasteiger partial charge in [0.1, 0.15) is 11.9 Å². The molecular weight excluding hydrogens is 286 g/mol. The molecule has 112 valence electrons. The summed E-state index contributed by atoms with van der Waals surface area (Å²) in [7, 11) is 0. The molecular formula is C12H12F6N2. The fraction of sp³-hybridized carbons (Fsp3) is 0.500. The Balaban J connectivity index is 2.46. The highest BCUT2D eigenvalue weighted by Gasteiger charge is 2.46. The van der Waals surface area contributed by atoms with Gasteiger partial charge in [0.05, 0.1) is 0 Å². The molecule has 1 heterocycles. The van der Waals surface area contributed by atoms with Gasteiger partial charge in [-0.2, -0.15) is 13.2 Å². The van der Waals surface area contributed by atoms with Crippen LogP contribution in [-0.2, 0) is 0 Å². The lowest BCUT2D eigenvalue weighted by Crippen LogP contribution is -2.49. The van der Waals surface area contributed by atoms with Gasteiger partial charge in [-0.05, 0) is 6.07 Å². The summed E-state index contributed by atoms with van der Waals surface area (Å²) in [6.45, 7) is 0.626. The molecule has 20 heavy (non-hydrogen) atoms. The highest BCUT2D eigenvalue weighted by Crippen LogP contribution is 2.39. The van der Waals surface area contributed by atoms with Crippen LogP contribution < -0.4 is 5.32 Å². The van der Waals surface area contributed by atoms with Gasteiger partial charge >= 0.3 is 6.18 Å². The highest BCUT2D eigenvalue weighted by atomic mass is 19.4. The van der Waals surface area contributed by atoms with Crippen molar-refractivity contribution < 1.29 is 26.3 Å². The molecule has 1 aliphatic rings. The number of benzene rings is 1. The van der Waals surface area contributed by atoms with Gasteiger partial charge < -0.3 is 5.32 Å². The molecule has 1 aromatic carbocycles. The Labute approximate surface area is 111 Å². The molecule has 0 radical (unpaired) electrons. The van der Waals surface area contributed by atoms with Crippen molar-refractivity contribution in [1.29, 1.82) is 0 Å². The molecule has 0 aromatic heterocycles. The smallest absolute Gasteiger partial charge is 0.314 e. The summed E-state index contributed by atoms with van der Waals surface area (Å²) >= 11 is 0. The Morgan fingerprint density at radius 2 is 1.65 bits per heavy atom. The van der Waals surface area contributed by atoms with Gasteiger partial charge in [0.2, 0.25) is 0 Å². The second-order valence-corrected chi connectivity index (χ2v) is 4.52. The summed E-state index contributed by atoms with van der Waals surface area (Å²) in [6, 6.07) is -1.72. The Kier molecular flexibility index (Phi) is 4.24. The van der Waals surface area contributed by atoms with Gasteiger partial charge in [-0.25, -0.2) is 13.2 Å². The van der Waals surface area contributed by atoms with Crippen LogP contribution in [0.5, 0.6) is 0 Å². The van der Waals surface area contributed by atoms with Crippen LogP contribution in [0.4, 0.5) is 26.3 Å². The number of halogens is 6. The maximum atomic E-state index is 13.6. The van der Waals surface area contributed by atoms with Gasteiger partial charge in [-0.15, -0.1) is 0 Å². The maximum Gasteiger partial charge on any atom is 0.408 e. The van der Waals surface area contributed by atoms with Crippen LogP contribution in [0.2, 0.25) is 0 Å². The first-order chi connectivity index (χ1) is 9.30. The largest absolute Gasteiger partial charge is 0.408 e. The Hall–Kier alpha value is -1.28. The minimum atomic E-state index is -4.82. The molecule has 1 saturated heterocycles. The molecule has 1 atom stereocenters. The zero-order valence-corrected chi connectivity index (χ0v) is 10.3. The summed E-state index contributed by atoms with van der Waals surface area (Å²) in [5.74, 6) is -4.51. The number of alkyl halides is 3. The molecule has 2 nitrogen and oxygen atoms in total. The molecule has 8 heteroatoms. The van der Waals surface area contributed by atoms with Gasteiger partial charge in [0.25, 0.3) is 0 Å². The minimum absolute atomic E-state index is 0.0156. The van der Waals surface area contributed by atoms with Crippen molar-refractivity contribution in [3.63, 3.8) is 0 Å². The van der Waals surface area contributed by atoms with Crippen LogP contribution in [0.25, 0.3) is 0 Å². The van der Waals surface area contributed by atoms with Crippen molar-refractivity contribution in [2.24, 2.45) is 0 Å². The lowest BCUT2D eigenvalue weighted by atomic mass is 10.0. The van der Waals surface area contributed by atoms with Crippen LogP contribution >= 0.6 is 0 Å². The van der Waals surface area contributed by atoms with Crippen molar-refractivity contribution in [3.8, 4) is 0 Å². The molecule has 0 aliphatic carbocycles. The monoisotopic (exact) mass is 298 g/mol. The summed E-state index contributed by atoms with van der Waals surface area (Å²) in [6.07, 6.45) is -4.82. The third kappa shape index (κ3) is 3.06. The fourth-order valence-electron chi connectivity index (χ4n) is 2.30. The van der Waals surface area contributed by atoms with E-state index in [1.807, 2.05) is 0 Å². The van der Waals surface area contributed by atoms with E-state index >= 15 is 0 Å². The Morgan fingerprint density at radius 3 is 2.20 bits per heavy atom. The molecule has 1 aliphatic heterocycles. The number of nitrogens with one attached hydrogen (secondary N) is 1. The predicted molar refractivity (Wildman–Crippen MR) is 59.6 cm³/mol. The van der Waals surface area contributed by atoms with E-state index < -0.39 is 35.2 Å². The van der Waals surface area contributed by atoms with E-state index in [1.54, 1.807) is 0 Å². The third-order valence-electron chi connectivity index (χ3n) is 3.14. The Morgan fingerprint density at radius 1 is 1.05 bits per heavy atom. The zero-order chi connectivity index (χ0) is 14.9. The molecule has 0 saturated carbocycles. The molecule has 0 unspecified atom stereocenters. The normalized spacial score (nSPS) is 19.1. The second kappa shape index (κ2) is 5.61. The molecule has 1 aromatic rings. The first-order valence-electron chi connectivity index (χ1n) is 5.96. The molecule has 0 bridgehead atoms. The van der Waals surface area contributed by atoms with Crippen LogP contribution in [0, 0.1) is 17.5 Å². The van der Waals surface area contributed by atoms with Gasteiger partial charge in [0.15, 0.2) is 11.6 Å². The summed E-state index contributed by atoms with van der Waals surface area (Å²) in [5.41, 5.74) is -1.02. The number of rotatable bonds is 2. The lowest BCUT2D eigenvalue weighted by molar-refractivity contribution is -0.188. The van der Waals surface area contributed by atoms with Crippen LogP contribution in [0.1, 0.15) is 11.6 Å². The SMILES string of the molecule is Fc1cc(F)c(F)c([C@H](N2CCNCC2)C(F)(F)F)c1. The van der Waals surface area contributed by atoms with Crippen LogP contribution in [0.15, 0.2) is 12.1 Å². The molecule has 1 fully saturated rings. The van der Waals surface area contributed by atoms with Crippen LogP contribution in [0.3, 0.4) is 0 Å². The molecule has 2 rings (SSSR count). The summed E-state index contributed by atoms with van der Waals surface area (Å²) < 4.78 is 79.4. The second-order valence-electron chi connectivity index (χ2n) is 4.52. The maximum absolute atomic E-state index is 13.6.